The third-order valence-electron chi connectivity index (χ3n) is 5.84. The van der Waals surface area contributed by atoms with Crippen LogP contribution in [-0.4, -0.2) is 25.1 Å². The molecule has 1 amide bonds. The second-order valence-corrected chi connectivity index (χ2v) is 8.85. The third kappa shape index (κ3) is 5.69. The number of rotatable bonds is 7. The molecule has 3 rings (SSSR count). The van der Waals surface area contributed by atoms with E-state index < -0.39 is 6.10 Å². The molecule has 4 nitrogen and oxygen atoms in total. The van der Waals surface area contributed by atoms with Gasteiger partial charge < -0.3 is 15.0 Å². The summed E-state index contributed by atoms with van der Waals surface area (Å²) in [7, 11) is 0. The highest BCUT2D eigenvalue weighted by atomic mass is 35.5. The summed E-state index contributed by atoms with van der Waals surface area (Å²) >= 11 is 6.08. The Labute approximate surface area is 185 Å². The topological polar surface area (TPSA) is 41.6 Å². The highest BCUT2D eigenvalue weighted by Gasteiger charge is 2.21. The normalized spacial score (nSPS) is 18.6. The molecule has 0 aromatic heterocycles. The van der Waals surface area contributed by atoms with Crippen LogP contribution in [0.25, 0.3) is 0 Å². The van der Waals surface area contributed by atoms with E-state index in [2.05, 4.69) is 41.4 Å². The Morgan fingerprint density at radius 2 is 2.00 bits per heavy atom. The fourth-order valence-electron chi connectivity index (χ4n) is 3.96. The lowest BCUT2D eigenvalue weighted by atomic mass is 9.99. The van der Waals surface area contributed by atoms with Gasteiger partial charge in [0.15, 0.2) is 6.10 Å². The second-order valence-electron chi connectivity index (χ2n) is 8.44. The minimum atomic E-state index is -0.540. The van der Waals surface area contributed by atoms with Crippen LogP contribution in [0, 0.1) is 12.8 Å². The predicted molar refractivity (Wildman–Crippen MR) is 125 cm³/mol. The molecule has 30 heavy (non-hydrogen) atoms. The smallest absolute Gasteiger partial charge is 0.261 e. The number of halogens is 1. The van der Waals surface area contributed by atoms with E-state index in [4.69, 9.17) is 16.3 Å². The first-order chi connectivity index (χ1) is 14.4. The van der Waals surface area contributed by atoms with E-state index in [9.17, 15) is 4.79 Å². The molecule has 0 saturated carbocycles. The molecule has 1 fully saturated rings. The van der Waals surface area contributed by atoms with Crippen molar-refractivity contribution in [2.45, 2.75) is 59.1 Å². The average Bonchev–Trinajstić information content (AvgIpc) is 2.74. The van der Waals surface area contributed by atoms with E-state index in [0.29, 0.717) is 17.2 Å². The van der Waals surface area contributed by atoms with E-state index in [0.717, 1.165) is 30.1 Å². The molecule has 0 bridgehead atoms. The van der Waals surface area contributed by atoms with E-state index in [-0.39, 0.29) is 11.9 Å². The largest absolute Gasteiger partial charge is 0.481 e. The number of aryl methyl sites for hydroxylation is 1. The average molecular weight is 429 g/mol. The van der Waals surface area contributed by atoms with Crippen molar-refractivity contribution in [3.05, 3.63) is 58.6 Å². The number of carbonyl (C=O) groups is 1. The first kappa shape index (κ1) is 22.5. The Hall–Kier alpha value is -2.20. The highest BCUT2D eigenvalue weighted by Crippen LogP contribution is 2.25. The van der Waals surface area contributed by atoms with Crippen LogP contribution in [0.4, 0.5) is 5.69 Å². The predicted octanol–water partition coefficient (Wildman–Crippen LogP) is 5.92. The van der Waals surface area contributed by atoms with Crippen LogP contribution in [-0.2, 0) is 4.79 Å². The maximum absolute atomic E-state index is 12.8. The van der Waals surface area contributed by atoms with Crippen LogP contribution in [0.5, 0.6) is 5.75 Å². The first-order valence-electron chi connectivity index (χ1n) is 11.0. The summed E-state index contributed by atoms with van der Waals surface area (Å²) in [6, 6.07) is 13.9. The number of hydrogen-bond donors (Lipinski definition) is 1. The lowest BCUT2D eigenvalue weighted by molar-refractivity contribution is -0.128. The molecule has 2 aromatic carbocycles. The van der Waals surface area contributed by atoms with Crippen molar-refractivity contribution in [2.24, 2.45) is 5.92 Å². The van der Waals surface area contributed by atoms with E-state index in [1.54, 1.807) is 12.1 Å². The zero-order valence-electron chi connectivity index (χ0n) is 18.5. The molecule has 1 heterocycles. The lowest BCUT2D eigenvalue weighted by Crippen LogP contribution is -2.39. The van der Waals surface area contributed by atoms with Gasteiger partial charge in [-0.2, -0.15) is 0 Å². The highest BCUT2D eigenvalue weighted by molar-refractivity contribution is 6.31. The number of nitrogens with zero attached hydrogens (tertiary/aromatic N) is 1. The Bertz CT molecular complexity index is 853. The van der Waals surface area contributed by atoms with E-state index >= 15 is 0 Å². The molecule has 0 radical (unpaired) electrons. The molecular weight excluding hydrogens is 396 g/mol. The summed E-state index contributed by atoms with van der Waals surface area (Å²) in [6.45, 7) is 10.4. The van der Waals surface area contributed by atoms with Gasteiger partial charge in [-0.05, 0) is 80.5 Å². The summed E-state index contributed by atoms with van der Waals surface area (Å²) in [5, 5.41) is 3.79. The molecule has 5 heteroatoms. The quantitative estimate of drug-likeness (QED) is 0.595. The maximum Gasteiger partial charge on any atom is 0.261 e. The fraction of sp³-hybridized carbons (Fsp3) is 0.480. The monoisotopic (exact) mass is 428 g/mol. The van der Waals surface area contributed by atoms with Crippen LogP contribution in [0.2, 0.25) is 5.02 Å². The Morgan fingerprint density at radius 1 is 1.27 bits per heavy atom. The molecule has 1 N–H and O–H groups in total. The van der Waals surface area contributed by atoms with Crippen molar-refractivity contribution in [3.8, 4) is 5.75 Å². The van der Waals surface area contributed by atoms with Crippen molar-refractivity contribution >= 4 is 23.2 Å². The van der Waals surface area contributed by atoms with Crippen molar-refractivity contribution in [2.75, 3.05) is 18.0 Å². The number of anilines is 1. The number of benzene rings is 2. The zero-order valence-corrected chi connectivity index (χ0v) is 19.2. The molecule has 3 atom stereocenters. The minimum Gasteiger partial charge on any atom is -0.481 e. The SMILES string of the molecule is CC[C@H](Oc1ccc(Cl)c(C)c1)C(=O)N[C@@H](C)c1ccc(N2CCC[C@@H](C)C2)cc1. The minimum absolute atomic E-state index is 0.0866. The van der Waals surface area contributed by atoms with Gasteiger partial charge in [0.1, 0.15) is 5.75 Å². The van der Waals surface area contributed by atoms with Gasteiger partial charge in [0.05, 0.1) is 6.04 Å². The molecule has 1 saturated heterocycles. The molecule has 1 aliphatic heterocycles. The maximum atomic E-state index is 12.8. The number of ether oxygens (including phenoxy) is 1. The van der Waals surface area contributed by atoms with Gasteiger partial charge in [-0.3, -0.25) is 4.79 Å². The summed E-state index contributed by atoms with van der Waals surface area (Å²) < 4.78 is 5.93. The van der Waals surface area contributed by atoms with Crippen molar-refractivity contribution in [1.29, 1.82) is 0 Å². The Balaban J connectivity index is 1.60. The summed E-state index contributed by atoms with van der Waals surface area (Å²) in [5.74, 6) is 1.30. The number of piperidine rings is 1. The van der Waals surface area contributed by atoms with Crippen LogP contribution in [0.3, 0.4) is 0 Å². The van der Waals surface area contributed by atoms with Crippen LogP contribution < -0.4 is 15.0 Å². The number of carbonyl (C=O) groups excluding carboxylic acids is 1. The van der Waals surface area contributed by atoms with Gasteiger partial charge in [0, 0.05) is 23.8 Å². The molecule has 0 unspecified atom stereocenters. The molecule has 1 aliphatic rings. The van der Waals surface area contributed by atoms with Crippen LogP contribution in [0.1, 0.15) is 57.2 Å². The Morgan fingerprint density at radius 3 is 2.63 bits per heavy atom. The number of nitrogens with one attached hydrogen (secondary N) is 1. The summed E-state index contributed by atoms with van der Waals surface area (Å²) in [4.78, 5) is 15.2. The summed E-state index contributed by atoms with van der Waals surface area (Å²) in [5.41, 5.74) is 3.28. The van der Waals surface area contributed by atoms with E-state index in [1.165, 1.54) is 18.5 Å². The van der Waals surface area contributed by atoms with Gasteiger partial charge in [-0.25, -0.2) is 0 Å². The number of hydrogen-bond acceptors (Lipinski definition) is 3. The summed E-state index contributed by atoms with van der Waals surface area (Å²) in [6.07, 6.45) is 2.61. The number of amides is 1. The first-order valence-corrected chi connectivity index (χ1v) is 11.3. The van der Waals surface area contributed by atoms with Crippen LogP contribution in [0.15, 0.2) is 42.5 Å². The lowest BCUT2D eigenvalue weighted by Gasteiger charge is -2.33. The Kier molecular flexibility index (Phi) is 7.65. The van der Waals surface area contributed by atoms with Gasteiger partial charge in [0.2, 0.25) is 0 Å². The molecule has 0 aliphatic carbocycles. The third-order valence-corrected chi connectivity index (χ3v) is 6.27. The molecule has 162 valence electrons. The van der Waals surface area contributed by atoms with Gasteiger partial charge in [-0.15, -0.1) is 0 Å². The van der Waals surface area contributed by atoms with E-state index in [1.807, 2.05) is 26.8 Å². The molecule has 0 spiro atoms. The van der Waals surface area contributed by atoms with Gasteiger partial charge in [0.25, 0.3) is 5.91 Å². The molecular formula is C25H33ClN2O2. The van der Waals surface area contributed by atoms with Gasteiger partial charge in [-0.1, -0.05) is 37.6 Å². The van der Waals surface area contributed by atoms with Crippen molar-refractivity contribution < 1.29 is 9.53 Å². The standard InChI is InChI=1S/C25H33ClN2O2/c1-5-24(30-22-12-13-23(26)18(3)15-22)25(29)27-19(4)20-8-10-21(11-9-20)28-14-6-7-17(2)16-28/h8-13,15,17,19,24H,5-7,14,16H2,1-4H3,(H,27,29)/t17-,19+,24+/m1/s1. The van der Waals surface area contributed by atoms with Crippen molar-refractivity contribution in [1.82, 2.24) is 5.32 Å². The van der Waals surface area contributed by atoms with Gasteiger partial charge >= 0.3 is 0 Å². The fourth-order valence-corrected chi connectivity index (χ4v) is 4.08. The second kappa shape index (κ2) is 10.2. The van der Waals surface area contributed by atoms with Crippen molar-refractivity contribution in [3.63, 3.8) is 0 Å². The van der Waals surface area contributed by atoms with Crippen LogP contribution >= 0.6 is 11.6 Å². The zero-order chi connectivity index (χ0) is 21.7. The molecule has 2 aromatic rings.